The Morgan fingerprint density at radius 2 is 2.26 bits per heavy atom. The van der Waals surface area contributed by atoms with Crippen molar-refractivity contribution in [3.05, 3.63) is 0 Å². The highest BCUT2D eigenvalue weighted by molar-refractivity contribution is 7.99. The number of carboxylic acids is 1. The monoisotopic (exact) mass is 287 g/mol. The van der Waals surface area contributed by atoms with Gasteiger partial charge in [0.15, 0.2) is 0 Å². The Morgan fingerprint density at radius 1 is 1.47 bits per heavy atom. The molecule has 0 radical (unpaired) electrons. The van der Waals surface area contributed by atoms with Gasteiger partial charge in [-0.15, -0.1) is 0 Å². The number of hydrogen-bond donors (Lipinski definition) is 2. The van der Waals surface area contributed by atoms with E-state index in [4.69, 9.17) is 4.74 Å². The molecule has 2 fully saturated rings. The maximum absolute atomic E-state index is 11.4. The molecule has 5 heteroatoms. The first-order valence-electron chi connectivity index (χ1n) is 7.30. The lowest BCUT2D eigenvalue weighted by atomic mass is 9.96. The lowest BCUT2D eigenvalue weighted by Crippen LogP contribution is -2.50. The molecule has 110 valence electrons. The summed E-state index contributed by atoms with van der Waals surface area (Å²) < 4.78 is 5.57. The van der Waals surface area contributed by atoms with E-state index >= 15 is 0 Å². The van der Waals surface area contributed by atoms with E-state index in [1.807, 2.05) is 18.7 Å². The highest BCUT2D eigenvalue weighted by atomic mass is 32.2. The highest BCUT2D eigenvalue weighted by Crippen LogP contribution is 2.26. The maximum atomic E-state index is 11.4. The van der Waals surface area contributed by atoms with Crippen LogP contribution in [0.15, 0.2) is 0 Å². The van der Waals surface area contributed by atoms with Crippen LogP contribution in [0.2, 0.25) is 0 Å². The van der Waals surface area contributed by atoms with Crippen molar-refractivity contribution in [3.63, 3.8) is 0 Å². The molecule has 1 aliphatic carbocycles. The molecule has 2 atom stereocenters. The molecule has 0 aromatic heterocycles. The van der Waals surface area contributed by atoms with Crippen molar-refractivity contribution >= 4 is 17.7 Å². The first-order chi connectivity index (χ1) is 9.10. The molecule has 2 unspecified atom stereocenters. The van der Waals surface area contributed by atoms with Crippen LogP contribution in [0.25, 0.3) is 0 Å². The molecule has 1 saturated carbocycles. The van der Waals surface area contributed by atoms with Crippen LogP contribution in [-0.2, 0) is 9.53 Å². The van der Waals surface area contributed by atoms with Crippen molar-refractivity contribution in [2.45, 2.75) is 63.1 Å². The molecule has 19 heavy (non-hydrogen) atoms. The number of thioether (sulfide) groups is 1. The van der Waals surface area contributed by atoms with Gasteiger partial charge >= 0.3 is 5.97 Å². The Morgan fingerprint density at radius 3 is 2.84 bits per heavy atom. The summed E-state index contributed by atoms with van der Waals surface area (Å²) >= 11 is 1.89. The molecule has 2 N–H and O–H groups in total. The third-order valence-electron chi connectivity index (χ3n) is 3.87. The Bertz CT molecular complexity index is 303. The number of rotatable bonds is 9. The molecule has 2 aliphatic rings. The zero-order chi connectivity index (χ0) is 13.7. The van der Waals surface area contributed by atoms with E-state index in [2.05, 4.69) is 5.32 Å². The summed E-state index contributed by atoms with van der Waals surface area (Å²) in [5.74, 6) is 1.36. The minimum atomic E-state index is -0.744. The number of carboxylic acid groups (broad SMARTS) is 1. The van der Waals surface area contributed by atoms with E-state index in [9.17, 15) is 9.90 Å². The van der Waals surface area contributed by atoms with E-state index in [0.29, 0.717) is 18.6 Å². The molecule has 1 saturated heterocycles. The van der Waals surface area contributed by atoms with Crippen molar-refractivity contribution in [3.8, 4) is 0 Å². The van der Waals surface area contributed by atoms with Crippen molar-refractivity contribution in [1.29, 1.82) is 0 Å². The van der Waals surface area contributed by atoms with E-state index in [-0.39, 0.29) is 0 Å². The summed E-state index contributed by atoms with van der Waals surface area (Å²) in [5.41, 5.74) is -0.744. The molecule has 1 aliphatic heterocycles. The predicted molar refractivity (Wildman–Crippen MR) is 77.7 cm³/mol. The van der Waals surface area contributed by atoms with Crippen LogP contribution in [0, 0.1) is 0 Å². The van der Waals surface area contributed by atoms with Crippen LogP contribution in [0.1, 0.15) is 45.4 Å². The average Bonchev–Trinajstić information content (AvgIpc) is 3.02. The van der Waals surface area contributed by atoms with Gasteiger partial charge in [0.2, 0.25) is 0 Å². The summed E-state index contributed by atoms with van der Waals surface area (Å²) in [6, 6.07) is 0.431. The second kappa shape index (κ2) is 6.95. The van der Waals surface area contributed by atoms with Gasteiger partial charge in [-0.3, -0.25) is 10.1 Å². The van der Waals surface area contributed by atoms with Gasteiger partial charge in [0.25, 0.3) is 0 Å². The van der Waals surface area contributed by atoms with Crippen LogP contribution >= 0.6 is 11.8 Å². The Hall–Kier alpha value is -0.260. The third kappa shape index (κ3) is 4.97. The predicted octanol–water partition coefficient (Wildman–Crippen LogP) is 2.27. The van der Waals surface area contributed by atoms with Gasteiger partial charge in [-0.05, 0) is 51.2 Å². The maximum Gasteiger partial charge on any atom is 0.323 e. The molecule has 1 heterocycles. The summed E-state index contributed by atoms with van der Waals surface area (Å²) in [6.45, 7) is 2.73. The van der Waals surface area contributed by atoms with E-state index in [0.717, 1.165) is 37.4 Å². The Labute approximate surface area is 119 Å². The fourth-order valence-corrected chi connectivity index (χ4v) is 3.48. The first-order valence-corrected chi connectivity index (χ1v) is 8.46. The summed E-state index contributed by atoms with van der Waals surface area (Å²) in [6.07, 6.45) is 6.70. The topological polar surface area (TPSA) is 58.6 Å². The smallest absolute Gasteiger partial charge is 0.323 e. The van der Waals surface area contributed by atoms with Gasteiger partial charge in [0.05, 0.1) is 6.10 Å². The quantitative estimate of drug-likeness (QED) is 0.637. The summed E-state index contributed by atoms with van der Waals surface area (Å²) in [5, 5.41) is 12.6. The summed E-state index contributed by atoms with van der Waals surface area (Å²) in [4.78, 5) is 11.4. The van der Waals surface area contributed by atoms with Crippen molar-refractivity contribution in [2.75, 3.05) is 18.1 Å². The molecular formula is C14H25NO3S. The van der Waals surface area contributed by atoms with Crippen LogP contribution in [0.5, 0.6) is 0 Å². The minimum Gasteiger partial charge on any atom is -0.480 e. The molecule has 4 nitrogen and oxygen atoms in total. The van der Waals surface area contributed by atoms with E-state index < -0.39 is 11.5 Å². The van der Waals surface area contributed by atoms with Gasteiger partial charge in [-0.1, -0.05) is 0 Å². The van der Waals surface area contributed by atoms with E-state index in [1.54, 1.807) is 0 Å². The summed E-state index contributed by atoms with van der Waals surface area (Å²) in [7, 11) is 0. The second-order valence-electron chi connectivity index (χ2n) is 5.87. The van der Waals surface area contributed by atoms with E-state index in [1.165, 1.54) is 12.8 Å². The largest absolute Gasteiger partial charge is 0.480 e. The number of carbonyl (C=O) groups is 1. The molecule has 0 aromatic carbocycles. The number of hydrogen-bond acceptors (Lipinski definition) is 4. The number of nitrogens with one attached hydrogen (secondary N) is 1. The average molecular weight is 287 g/mol. The molecule has 0 spiro atoms. The molecule has 0 amide bonds. The first kappa shape index (κ1) is 15.1. The lowest BCUT2D eigenvalue weighted by molar-refractivity contribution is -0.144. The van der Waals surface area contributed by atoms with Gasteiger partial charge in [0.1, 0.15) is 5.54 Å². The minimum absolute atomic E-state index is 0.431. The van der Waals surface area contributed by atoms with Crippen molar-refractivity contribution < 1.29 is 14.6 Å². The van der Waals surface area contributed by atoms with Crippen molar-refractivity contribution in [1.82, 2.24) is 5.32 Å². The Balaban J connectivity index is 1.60. The van der Waals surface area contributed by atoms with Crippen LogP contribution < -0.4 is 5.32 Å². The van der Waals surface area contributed by atoms with Gasteiger partial charge in [-0.2, -0.15) is 11.8 Å². The third-order valence-corrected chi connectivity index (χ3v) is 5.05. The molecule has 0 bridgehead atoms. The van der Waals surface area contributed by atoms with Crippen LogP contribution in [-0.4, -0.2) is 46.9 Å². The Kier molecular flexibility index (Phi) is 5.54. The van der Waals surface area contributed by atoms with Crippen LogP contribution in [0.3, 0.4) is 0 Å². The fourth-order valence-electron chi connectivity index (χ4n) is 2.44. The fraction of sp³-hybridized carbons (Fsp3) is 0.929. The normalized spacial score (nSPS) is 26.3. The zero-order valence-electron chi connectivity index (χ0n) is 11.7. The van der Waals surface area contributed by atoms with Crippen molar-refractivity contribution in [2.24, 2.45) is 0 Å². The highest BCUT2D eigenvalue weighted by Gasteiger charge is 2.37. The van der Waals surface area contributed by atoms with Gasteiger partial charge in [-0.25, -0.2) is 0 Å². The standard InChI is InChI=1S/C14H25NO3S/c1-14(13(16)17,15-11-5-6-11)7-3-9-19-10-12-4-2-8-18-12/h11-12,15H,2-10H2,1H3,(H,16,17). The number of aliphatic carboxylic acids is 1. The van der Waals surface area contributed by atoms with Crippen LogP contribution in [0.4, 0.5) is 0 Å². The van der Waals surface area contributed by atoms with Gasteiger partial charge in [0, 0.05) is 18.4 Å². The zero-order valence-corrected chi connectivity index (χ0v) is 12.5. The SMILES string of the molecule is CC(CCCSCC1CCCO1)(NC1CC1)C(=O)O. The lowest BCUT2D eigenvalue weighted by Gasteiger charge is -2.26. The molecule has 2 rings (SSSR count). The molecule has 0 aromatic rings. The number of ether oxygens (including phenoxy) is 1. The van der Waals surface area contributed by atoms with Gasteiger partial charge < -0.3 is 9.84 Å². The molecular weight excluding hydrogens is 262 g/mol. The second-order valence-corrected chi connectivity index (χ2v) is 7.02.